The number of carbonyl (C=O) groups is 2. The number of carbonyl (C=O) groups excluding carboxylic acids is 2. The van der Waals surface area contributed by atoms with Crippen molar-refractivity contribution < 1.29 is 19.2 Å². The predicted octanol–water partition coefficient (Wildman–Crippen LogP) is 5.36. The molecule has 154 valence electrons. The van der Waals surface area contributed by atoms with Crippen LogP contribution in [-0.4, -0.2) is 16.5 Å². The molecule has 0 spiro atoms. The highest BCUT2D eigenvalue weighted by Gasteiger charge is 2.48. The molecule has 29 heavy (non-hydrogen) atoms. The number of nitro groups is 1. The smallest absolute Gasteiger partial charge is 0.283 e. The maximum atomic E-state index is 13.2. The number of Topliss-reactive ketones (excluding diaryl/α,β-unsaturated/α-hetero) is 2. The van der Waals surface area contributed by atoms with E-state index in [0.29, 0.717) is 58.1 Å². The summed E-state index contributed by atoms with van der Waals surface area (Å²) in [6, 6.07) is 1.53. The number of hydrogen-bond donors (Lipinski definition) is 0. The molecule has 0 N–H and O–H groups in total. The van der Waals surface area contributed by atoms with Crippen LogP contribution in [0.25, 0.3) is 0 Å². The molecule has 7 heteroatoms. The summed E-state index contributed by atoms with van der Waals surface area (Å²) in [4.78, 5) is 38.6. The van der Waals surface area contributed by atoms with Crippen molar-refractivity contribution in [3.8, 4) is 0 Å². The summed E-state index contributed by atoms with van der Waals surface area (Å²) in [6.45, 7) is 9.84. The summed E-state index contributed by atoms with van der Waals surface area (Å²) in [5, 5.41) is 11.4. The van der Waals surface area contributed by atoms with E-state index in [9.17, 15) is 19.7 Å². The van der Waals surface area contributed by atoms with Crippen molar-refractivity contribution in [3.63, 3.8) is 0 Å². The lowest BCUT2D eigenvalue weighted by Crippen LogP contribution is -2.37. The highest BCUT2D eigenvalue weighted by Crippen LogP contribution is 2.54. The van der Waals surface area contributed by atoms with Crippen LogP contribution < -0.4 is 0 Å². The molecule has 3 aliphatic rings. The van der Waals surface area contributed by atoms with Crippen LogP contribution in [0.1, 0.15) is 69.1 Å². The molecule has 0 radical (unpaired) electrons. The highest BCUT2D eigenvalue weighted by molar-refractivity contribution is 7.12. The Morgan fingerprint density at radius 3 is 1.90 bits per heavy atom. The Balaban J connectivity index is 1.93. The predicted molar refractivity (Wildman–Crippen MR) is 110 cm³/mol. The molecule has 1 aliphatic heterocycles. The summed E-state index contributed by atoms with van der Waals surface area (Å²) < 4.78 is 6.23. The van der Waals surface area contributed by atoms with E-state index in [0.717, 1.165) is 0 Å². The molecule has 1 aromatic heterocycles. The van der Waals surface area contributed by atoms with Gasteiger partial charge < -0.3 is 4.74 Å². The Morgan fingerprint density at radius 1 is 1.00 bits per heavy atom. The molecular formula is C22H25NO5S. The minimum absolute atomic E-state index is 0.0286. The molecule has 2 aliphatic carbocycles. The summed E-state index contributed by atoms with van der Waals surface area (Å²) in [6.07, 6.45) is 1.98. The topological polar surface area (TPSA) is 86.5 Å². The van der Waals surface area contributed by atoms with E-state index < -0.39 is 10.8 Å². The van der Waals surface area contributed by atoms with Crippen LogP contribution in [0, 0.1) is 27.9 Å². The van der Waals surface area contributed by atoms with E-state index in [1.165, 1.54) is 17.4 Å². The number of allylic oxidation sites excluding steroid dienone is 4. The summed E-state index contributed by atoms with van der Waals surface area (Å²) in [5.41, 5.74) is 0.640. The van der Waals surface area contributed by atoms with Crippen LogP contribution >= 0.6 is 11.3 Å². The Bertz CT molecular complexity index is 972. The fourth-order valence-electron chi connectivity index (χ4n) is 4.78. The van der Waals surface area contributed by atoms with E-state index in [-0.39, 0.29) is 28.1 Å². The van der Waals surface area contributed by atoms with Gasteiger partial charge in [-0.1, -0.05) is 27.7 Å². The molecule has 0 amide bonds. The number of rotatable bonds is 2. The van der Waals surface area contributed by atoms with Gasteiger partial charge in [0.05, 0.1) is 15.7 Å². The fraction of sp³-hybridized carbons (Fsp3) is 0.545. The lowest BCUT2D eigenvalue weighted by molar-refractivity contribution is -0.385. The van der Waals surface area contributed by atoms with Crippen LogP contribution in [0.2, 0.25) is 0 Å². The molecule has 0 unspecified atom stereocenters. The zero-order chi connectivity index (χ0) is 21.3. The van der Waals surface area contributed by atoms with Gasteiger partial charge in [-0.05, 0) is 17.8 Å². The van der Waals surface area contributed by atoms with Crippen molar-refractivity contribution >= 4 is 28.6 Å². The van der Waals surface area contributed by atoms with Crippen LogP contribution in [0.15, 0.2) is 28.7 Å². The zero-order valence-electron chi connectivity index (χ0n) is 17.4. The number of nitrogens with zero attached hydrogens (tertiary/aromatic N) is 1. The van der Waals surface area contributed by atoms with Gasteiger partial charge in [0.15, 0.2) is 11.6 Å². The number of aryl methyl sites for hydroxylation is 1. The molecule has 1 aromatic rings. The maximum absolute atomic E-state index is 13.2. The molecule has 4 rings (SSSR count). The van der Waals surface area contributed by atoms with Gasteiger partial charge in [0.25, 0.3) is 5.69 Å². The van der Waals surface area contributed by atoms with Gasteiger partial charge in [-0.15, -0.1) is 11.3 Å². The van der Waals surface area contributed by atoms with E-state index in [4.69, 9.17) is 4.74 Å². The summed E-state index contributed by atoms with van der Waals surface area (Å²) in [7, 11) is 0. The van der Waals surface area contributed by atoms with Crippen molar-refractivity contribution in [2.24, 2.45) is 10.8 Å². The largest absolute Gasteiger partial charge is 0.465 e. The van der Waals surface area contributed by atoms with Crippen LogP contribution in [0.3, 0.4) is 0 Å². The zero-order valence-corrected chi connectivity index (χ0v) is 18.2. The first-order chi connectivity index (χ1) is 13.4. The number of thiophene rings is 1. The van der Waals surface area contributed by atoms with E-state index >= 15 is 0 Å². The van der Waals surface area contributed by atoms with Gasteiger partial charge in [-0.3, -0.25) is 19.7 Å². The molecule has 0 atom stereocenters. The average molecular weight is 416 g/mol. The van der Waals surface area contributed by atoms with Crippen molar-refractivity contribution in [2.45, 2.75) is 66.2 Å². The average Bonchev–Trinajstić information content (AvgIpc) is 2.92. The Kier molecular flexibility index (Phi) is 4.39. The minimum atomic E-state index is -0.557. The quantitative estimate of drug-likeness (QED) is 0.479. The first-order valence-corrected chi connectivity index (χ1v) is 10.7. The van der Waals surface area contributed by atoms with Gasteiger partial charge in [0, 0.05) is 47.8 Å². The van der Waals surface area contributed by atoms with E-state index in [2.05, 4.69) is 0 Å². The van der Waals surface area contributed by atoms with Gasteiger partial charge in [-0.25, -0.2) is 0 Å². The second-order valence-corrected chi connectivity index (χ2v) is 11.2. The van der Waals surface area contributed by atoms with E-state index in [1.54, 1.807) is 6.92 Å². The SMILES string of the molecule is Cc1sc(C2C3=C(CC(C)(C)CC3=O)OC3=C2C(=O)CC(C)(C)C3)cc1[N+](=O)[O-]. The molecule has 0 saturated heterocycles. The standard InChI is InChI=1S/C22H25NO5S/c1-11-12(23(26)27)6-17(29-11)20-18-13(24)7-21(2,3)9-15(18)28-16-10-22(4,5)8-14(25)19(16)20/h6,20H,7-10H2,1-5H3. The number of ether oxygens (including phenoxy) is 1. The summed E-state index contributed by atoms with van der Waals surface area (Å²) in [5.74, 6) is 0.653. The van der Waals surface area contributed by atoms with Gasteiger partial charge >= 0.3 is 0 Å². The highest BCUT2D eigenvalue weighted by atomic mass is 32.1. The second kappa shape index (κ2) is 6.36. The van der Waals surface area contributed by atoms with Crippen LogP contribution in [-0.2, 0) is 14.3 Å². The fourth-order valence-corrected chi connectivity index (χ4v) is 5.89. The molecule has 0 fully saturated rings. The molecule has 0 bridgehead atoms. The lowest BCUT2D eigenvalue weighted by Gasteiger charge is -2.42. The van der Waals surface area contributed by atoms with Crippen molar-refractivity contribution in [3.05, 3.63) is 48.6 Å². The first-order valence-electron chi connectivity index (χ1n) is 9.84. The molecule has 6 nitrogen and oxygen atoms in total. The minimum Gasteiger partial charge on any atom is -0.465 e. The third-order valence-corrected chi connectivity index (χ3v) is 7.08. The van der Waals surface area contributed by atoms with Gasteiger partial charge in [-0.2, -0.15) is 0 Å². The Morgan fingerprint density at radius 2 is 1.48 bits per heavy atom. The van der Waals surface area contributed by atoms with Crippen molar-refractivity contribution in [2.75, 3.05) is 0 Å². The third-order valence-electron chi connectivity index (χ3n) is 5.97. The first kappa shape index (κ1) is 20.0. The lowest BCUT2D eigenvalue weighted by atomic mass is 9.67. The molecule has 0 aromatic carbocycles. The Labute approximate surface area is 173 Å². The number of ketones is 2. The van der Waals surface area contributed by atoms with Crippen molar-refractivity contribution in [1.29, 1.82) is 0 Å². The Hall–Kier alpha value is -2.28. The van der Waals surface area contributed by atoms with Crippen LogP contribution in [0.4, 0.5) is 5.69 Å². The maximum Gasteiger partial charge on any atom is 0.283 e. The molecule has 2 heterocycles. The van der Waals surface area contributed by atoms with Gasteiger partial charge in [0.1, 0.15) is 11.5 Å². The summed E-state index contributed by atoms with van der Waals surface area (Å²) >= 11 is 1.29. The molecular weight excluding hydrogens is 390 g/mol. The number of hydrogen-bond acceptors (Lipinski definition) is 6. The van der Waals surface area contributed by atoms with Crippen molar-refractivity contribution in [1.82, 2.24) is 0 Å². The van der Waals surface area contributed by atoms with E-state index in [1.807, 2.05) is 27.7 Å². The molecule has 0 saturated carbocycles. The van der Waals surface area contributed by atoms with Gasteiger partial charge in [0.2, 0.25) is 0 Å². The third kappa shape index (κ3) is 3.35. The normalized spacial score (nSPS) is 23.6. The van der Waals surface area contributed by atoms with Crippen LogP contribution in [0.5, 0.6) is 0 Å². The monoisotopic (exact) mass is 415 g/mol. The second-order valence-electron chi connectivity index (χ2n) is 9.94.